The average molecular weight is 302 g/mol. The van der Waals surface area contributed by atoms with Crippen LogP contribution in [0.2, 0.25) is 0 Å². The predicted octanol–water partition coefficient (Wildman–Crippen LogP) is 2.09. The van der Waals surface area contributed by atoms with Crippen molar-refractivity contribution < 1.29 is 14.6 Å². The molecule has 1 aromatic rings. The van der Waals surface area contributed by atoms with E-state index in [1.54, 1.807) is 0 Å². The first-order chi connectivity index (χ1) is 9.17. The standard InChI is InChI=1S/C15H23NO3.ClH/c1-12-9-16(10-13(2)19-12)7-8-18-15-5-3-14(11-17)4-6-15;/h3-6,12-13,17H,7-11H2,1-2H3;1H. The molecule has 0 amide bonds. The number of ether oxygens (including phenoxy) is 2. The minimum absolute atomic E-state index is 0. The number of morpholine rings is 1. The molecule has 0 aliphatic carbocycles. The highest BCUT2D eigenvalue weighted by atomic mass is 35.5. The van der Waals surface area contributed by atoms with Crippen LogP contribution in [0.25, 0.3) is 0 Å². The number of nitrogens with zero attached hydrogens (tertiary/aromatic N) is 1. The Bertz CT molecular complexity index is 375. The molecule has 2 unspecified atom stereocenters. The molecule has 0 aromatic heterocycles. The summed E-state index contributed by atoms with van der Waals surface area (Å²) in [5.41, 5.74) is 0.906. The number of halogens is 1. The fourth-order valence-electron chi connectivity index (χ4n) is 2.45. The van der Waals surface area contributed by atoms with Crippen LogP contribution in [0, 0.1) is 0 Å². The van der Waals surface area contributed by atoms with Crippen LogP contribution < -0.4 is 4.74 Å². The normalized spacial score (nSPS) is 23.1. The highest BCUT2D eigenvalue weighted by molar-refractivity contribution is 5.85. The summed E-state index contributed by atoms with van der Waals surface area (Å²) >= 11 is 0. The Balaban J connectivity index is 0.00000200. The van der Waals surface area contributed by atoms with Gasteiger partial charge in [0, 0.05) is 19.6 Å². The Kier molecular flexibility index (Phi) is 7.30. The van der Waals surface area contributed by atoms with Crippen molar-refractivity contribution in [3.05, 3.63) is 29.8 Å². The first-order valence-electron chi connectivity index (χ1n) is 6.88. The predicted molar refractivity (Wildman–Crippen MR) is 81.6 cm³/mol. The maximum atomic E-state index is 8.97. The fraction of sp³-hybridized carbons (Fsp3) is 0.600. The molecule has 1 fully saturated rings. The maximum absolute atomic E-state index is 8.97. The van der Waals surface area contributed by atoms with E-state index in [0.717, 1.165) is 30.9 Å². The van der Waals surface area contributed by atoms with Crippen molar-refractivity contribution in [2.24, 2.45) is 0 Å². The second-order valence-electron chi connectivity index (χ2n) is 5.17. The van der Waals surface area contributed by atoms with Crippen molar-refractivity contribution in [2.75, 3.05) is 26.2 Å². The zero-order valence-electron chi connectivity index (χ0n) is 12.1. The summed E-state index contributed by atoms with van der Waals surface area (Å²) in [6.07, 6.45) is 0.597. The molecule has 0 radical (unpaired) electrons. The van der Waals surface area contributed by atoms with Gasteiger partial charge in [0.1, 0.15) is 12.4 Å². The van der Waals surface area contributed by atoms with Crippen molar-refractivity contribution in [1.29, 1.82) is 0 Å². The van der Waals surface area contributed by atoms with Gasteiger partial charge in [-0.15, -0.1) is 12.4 Å². The van der Waals surface area contributed by atoms with Crippen LogP contribution in [0.1, 0.15) is 19.4 Å². The van der Waals surface area contributed by atoms with Gasteiger partial charge in [0.05, 0.1) is 18.8 Å². The van der Waals surface area contributed by atoms with E-state index in [2.05, 4.69) is 18.7 Å². The summed E-state index contributed by atoms with van der Waals surface area (Å²) in [6.45, 7) is 7.82. The van der Waals surface area contributed by atoms with Crippen molar-refractivity contribution >= 4 is 12.4 Å². The van der Waals surface area contributed by atoms with E-state index in [4.69, 9.17) is 14.6 Å². The number of rotatable bonds is 5. The van der Waals surface area contributed by atoms with Crippen LogP contribution in [-0.2, 0) is 11.3 Å². The van der Waals surface area contributed by atoms with Crippen molar-refractivity contribution in [2.45, 2.75) is 32.7 Å². The minimum Gasteiger partial charge on any atom is -0.492 e. The molecule has 1 heterocycles. The average Bonchev–Trinajstić information content (AvgIpc) is 2.38. The molecule has 0 saturated carbocycles. The first-order valence-corrected chi connectivity index (χ1v) is 6.88. The summed E-state index contributed by atoms with van der Waals surface area (Å²) in [5.74, 6) is 0.853. The van der Waals surface area contributed by atoms with Gasteiger partial charge >= 0.3 is 0 Å². The van der Waals surface area contributed by atoms with Crippen LogP contribution >= 0.6 is 12.4 Å². The number of benzene rings is 1. The molecule has 0 bridgehead atoms. The van der Waals surface area contributed by atoms with Crippen LogP contribution in [0.3, 0.4) is 0 Å². The molecule has 5 heteroatoms. The smallest absolute Gasteiger partial charge is 0.119 e. The third kappa shape index (κ3) is 5.29. The van der Waals surface area contributed by atoms with Crippen LogP contribution in [-0.4, -0.2) is 48.5 Å². The van der Waals surface area contributed by atoms with Gasteiger partial charge in [-0.25, -0.2) is 0 Å². The van der Waals surface area contributed by atoms with E-state index in [1.807, 2.05) is 24.3 Å². The molecule has 20 heavy (non-hydrogen) atoms. The van der Waals surface area contributed by atoms with E-state index in [1.165, 1.54) is 0 Å². The molecule has 2 rings (SSSR count). The Morgan fingerprint density at radius 3 is 2.35 bits per heavy atom. The summed E-state index contributed by atoms with van der Waals surface area (Å²) in [6, 6.07) is 7.56. The molecule has 1 aliphatic rings. The third-order valence-electron chi connectivity index (χ3n) is 3.28. The number of aliphatic hydroxyl groups excluding tert-OH is 1. The largest absolute Gasteiger partial charge is 0.492 e. The van der Waals surface area contributed by atoms with Crippen LogP contribution in [0.15, 0.2) is 24.3 Å². The zero-order valence-corrected chi connectivity index (χ0v) is 12.9. The number of hydrogen-bond acceptors (Lipinski definition) is 4. The summed E-state index contributed by atoms with van der Waals surface area (Å²) in [4.78, 5) is 2.38. The SMILES string of the molecule is CC1CN(CCOc2ccc(CO)cc2)CC(C)O1.Cl. The highest BCUT2D eigenvalue weighted by Crippen LogP contribution is 2.13. The highest BCUT2D eigenvalue weighted by Gasteiger charge is 2.21. The summed E-state index contributed by atoms with van der Waals surface area (Å²) < 4.78 is 11.4. The minimum atomic E-state index is 0. The quantitative estimate of drug-likeness (QED) is 0.904. The second-order valence-corrected chi connectivity index (χ2v) is 5.17. The third-order valence-corrected chi connectivity index (χ3v) is 3.28. The van der Waals surface area contributed by atoms with E-state index >= 15 is 0 Å². The topological polar surface area (TPSA) is 41.9 Å². The van der Waals surface area contributed by atoms with Gasteiger partial charge in [0.2, 0.25) is 0 Å². The molecule has 1 saturated heterocycles. The van der Waals surface area contributed by atoms with Gasteiger partial charge in [-0.2, -0.15) is 0 Å². The molecule has 4 nitrogen and oxygen atoms in total. The van der Waals surface area contributed by atoms with E-state index in [-0.39, 0.29) is 19.0 Å². The molecule has 114 valence electrons. The Hall–Kier alpha value is -0.810. The zero-order chi connectivity index (χ0) is 13.7. The summed E-state index contributed by atoms with van der Waals surface area (Å²) in [5, 5.41) is 8.97. The lowest BCUT2D eigenvalue weighted by atomic mass is 10.2. The molecule has 2 atom stereocenters. The lowest BCUT2D eigenvalue weighted by Crippen LogP contribution is -2.46. The van der Waals surface area contributed by atoms with Gasteiger partial charge in [-0.05, 0) is 31.5 Å². The molecular weight excluding hydrogens is 278 g/mol. The number of aliphatic hydroxyl groups is 1. The van der Waals surface area contributed by atoms with Crippen molar-refractivity contribution in [3.63, 3.8) is 0 Å². The lowest BCUT2D eigenvalue weighted by Gasteiger charge is -2.35. The van der Waals surface area contributed by atoms with Gasteiger partial charge < -0.3 is 14.6 Å². The van der Waals surface area contributed by atoms with E-state index < -0.39 is 0 Å². The molecular formula is C15H24ClNO3. The Morgan fingerprint density at radius 1 is 1.20 bits per heavy atom. The molecule has 0 spiro atoms. The molecule has 1 aliphatic heterocycles. The van der Waals surface area contributed by atoms with E-state index in [0.29, 0.717) is 18.8 Å². The van der Waals surface area contributed by atoms with Gasteiger partial charge in [0.15, 0.2) is 0 Å². The van der Waals surface area contributed by atoms with Gasteiger partial charge in [0.25, 0.3) is 0 Å². The second kappa shape index (κ2) is 8.47. The lowest BCUT2D eigenvalue weighted by molar-refractivity contribution is -0.0699. The van der Waals surface area contributed by atoms with Gasteiger partial charge in [-0.3, -0.25) is 4.90 Å². The monoisotopic (exact) mass is 301 g/mol. The van der Waals surface area contributed by atoms with E-state index in [9.17, 15) is 0 Å². The van der Waals surface area contributed by atoms with Crippen LogP contribution in [0.5, 0.6) is 5.75 Å². The van der Waals surface area contributed by atoms with Crippen molar-refractivity contribution in [3.8, 4) is 5.75 Å². The number of hydrogen-bond donors (Lipinski definition) is 1. The van der Waals surface area contributed by atoms with Crippen molar-refractivity contribution in [1.82, 2.24) is 4.90 Å². The molecule has 1 N–H and O–H groups in total. The molecule has 1 aromatic carbocycles. The van der Waals surface area contributed by atoms with Gasteiger partial charge in [-0.1, -0.05) is 12.1 Å². The van der Waals surface area contributed by atoms with Crippen LogP contribution in [0.4, 0.5) is 0 Å². The Morgan fingerprint density at radius 2 is 1.80 bits per heavy atom. The maximum Gasteiger partial charge on any atom is 0.119 e. The fourth-order valence-corrected chi connectivity index (χ4v) is 2.45. The first kappa shape index (κ1) is 17.2. The Labute approximate surface area is 127 Å². The summed E-state index contributed by atoms with van der Waals surface area (Å²) in [7, 11) is 0.